The number of fused-ring (bicyclic) bond motifs is 1. The molecule has 5 heteroatoms. The van der Waals surface area contributed by atoms with Crippen LogP contribution in [-0.2, 0) is 25.1 Å². The normalized spacial score (nSPS) is 13.8. The molecule has 3 rings (SSSR count). The third-order valence-electron chi connectivity index (χ3n) is 4.27. The predicted octanol–water partition coefficient (Wildman–Crippen LogP) is 2.72. The number of aryl methyl sites for hydroxylation is 1. The lowest BCUT2D eigenvalue weighted by molar-refractivity contribution is 0.269. The summed E-state index contributed by atoms with van der Waals surface area (Å²) in [7, 11) is 0. The Bertz CT molecular complexity index is 738. The summed E-state index contributed by atoms with van der Waals surface area (Å²) < 4.78 is 1.66. The average molecular weight is 330 g/mol. The molecule has 2 aromatic rings. The van der Waals surface area contributed by atoms with Crippen molar-refractivity contribution in [2.24, 2.45) is 0 Å². The van der Waals surface area contributed by atoms with Crippen LogP contribution >= 0.6 is 11.8 Å². The summed E-state index contributed by atoms with van der Waals surface area (Å²) >= 11 is 1.65. The van der Waals surface area contributed by atoms with Crippen LogP contribution in [0, 0.1) is 6.92 Å². The van der Waals surface area contributed by atoms with Gasteiger partial charge in [-0.3, -0.25) is 4.57 Å². The summed E-state index contributed by atoms with van der Waals surface area (Å²) in [6, 6.07) is 8.47. The van der Waals surface area contributed by atoms with Crippen molar-refractivity contribution in [2.75, 3.05) is 6.61 Å². The molecule has 0 unspecified atom stereocenters. The Labute approximate surface area is 140 Å². The van der Waals surface area contributed by atoms with E-state index in [0.29, 0.717) is 6.54 Å². The highest BCUT2D eigenvalue weighted by Gasteiger charge is 2.20. The van der Waals surface area contributed by atoms with E-state index in [-0.39, 0.29) is 12.3 Å². The predicted molar refractivity (Wildman–Crippen MR) is 93.0 cm³/mol. The van der Waals surface area contributed by atoms with E-state index in [1.54, 1.807) is 16.3 Å². The zero-order chi connectivity index (χ0) is 16.2. The van der Waals surface area contributed by atoms with Gasteiger partial charge in [0.2, 0.25) is 0 Å². The van der Waals surface area contributed by atoms with E-state index in [1.165, 1.54) is 16.7 Å². The van der Waals surface area contributed by atoms with Crippen LogP contribution in [0.25, 0.3) is 0 Å². The molecule has 1 aliphatic carbocycles. The quantitative estimate of drug-likeness (QED) is 0.676. The van der Waals surface area contributed by atoms with Crippen LogP contribution in [0.4, 0.5) is 0 Å². The molecule has 0 saturated heterocycles. The summed E-state index contributed by atoms with van der Waals surface area (Å²) in [6.07, 6.45) is 4.13. The number of nitrogens with zero attached hydrogens (tertiary/aromatic N) is 2. The molecule has 0 amide bonds. The highest BCUT2D eigenvalue weighted by molar-refractivity contribution is 7.98. The van der Waals surface area contributed by atoms with Crippen molar-refractivity contribution in [1.82, 2.24) is 9.55 Å². The van der Waals surface area contributed by atoms with E-state index < -0.39 is 0 Å². The molecule has 4 nitrogen and oxygen atoms in total. The molecule has 0 bridgehead atoms. The maximum absolute atomic E-state index is 12.3. The number of aliphatic hydroxyl groups is 1. The first-order valence-electron chi connectivity index (χ1n) is 8.11. The number of hydrogen-bond donors (Lipinski definition) is 1. The van der Waals surface area contributed by atoms with Crippen LogP contribution in [0.5, 0.6) is 0 Å². The fourth-order valence-electron chi connectivity index (χ4n) is 3.03. The minimum atomic E-state index is -0.230. The fraction of sp³-hybridized carbons (Fsp3) is 0.444. The Morgan fingerprint density at radius 2 is 1.96 bits per heavy atom. The van der Waals surface area contributed by atoms with Gasteiger partial charge in [0.25, 0.3) is 0 Å². The highest BCUT2D eigenvalue weighted by atomic mass is 32.2. The molecule has 0 aliphatic heterocycles. The van der Waals surface area contributed by atoms with Crippen LogP contribution in [0.3, 0.4) is 0 Å². The number of hydrogen-bond acceptors (Lipinski definition) is 4. The van der Waals surface area contributed by atoms with Gasteiger partial charge in [-0.15, -0.1) is 11.8 Å². The standard InChI is InChI=1S/C18H22N2O2S/c1-13-6-8-14(9-7-13)12-23-17-15-4-2-3-5-16(15)20(10-11-21)18(22)19-17/h6-9,21H,2-5,10-12H2,1H3. The average Bonchev–Trinajstić information content (AvgIpc) is 2.57. The third kappa shape index (κ3) is 3.67. The summed E-state index contributed by atoms with van der Waals surface area (Å²) in [5, 5.41) is 10.1. The summed E-state index contributed by atoms with van der Waals surface area (Å²) in [5.74, 6) is 0.823. The second-order valence-corrected chi connectivity index (χ2v) is 6.95. The maximum atomic E-state index is 12.3. The lowest BCUT2D eigenvalue weighted by atomic mass is 9.97. The minimum Gasteiger partial charge on any atom is -0.395 e. The summed E-state index contributed by atoms with van der Waals surface area (Å²) in [6.45, 7) is 2.40. The Morgan fingerprint density at radius 1 is 1.22 bits per heavy atom. The molecule has 0 atom stereocenters. The molecule has 122 valence electrons. The Kier molecular flexibility index (Phi) is 5.18. The monoisotopic (exact) mass is 330 g/mol. The fourth-order valence-corrected chi connectivity index (χ4v) is 4.07. The summed E-state index contributed by atoms with van der Waals surface area (Å²) in [5.41, 5.74) is 4.55. The van der Waals surface area contributed by atoms with E-state index in [2.05, 4.69) is 36.2 Å². The van der Waals surface area contributed by atoms with Crippen LogP contribution in [-0.4, -0.2) is 21.3 Å². The van der Waals surface area contributed by atoms with E-state index in [9.17, 15) is 9.90 Å². The highest BCUT2D eigenvalue weighted by Crippen LogP contribution is 2.30. The van der Waals surface area contributed by atoms with Crippen LogP contribution in [0.15, 0.2) is 34.1 Å². The van der Waals surface area contributed by atoms with Gasteiger partial charge in [0, 0.05) is 17.0 Å². The van der Waals surface area contributed by atoms with Crippen molar-refractivity contribution in [1.29, 1.82) is 0 Å². The zero-order valence-corrected chi connectivity index (χ0v) is 14.2. The lowest BCUT2D eigenvalue weighted by Crippen LogP contribution is -2.31. The third-order valence-corrected chi connectivity index (χ3v) is 5.36. The molecule has 0 fully saturated rings. The van der Waals surface area contributed by atoms with Gasteiger partial charge in [0.15, 0.2) is 0 Å². The molecular weight excluding hydrogens is 308 g/mol. The Hall–Kier alpha value is -1.59. The molecule has 0 saturated carbocycles. The van der Waals surface area contributed by atoms with E-state index in [4.69, 9.17) is 0 Å². The van der Waals surface area contributed by atoms with Crippen molar-refractivity contribution >= 4 is 11.8 Å². The largest absolute Gasteiger partial charge is 0.395 e. The van der Waals surface area contributed by atoms with Crippen molar-refractivity contribution in [2.45, 2.75) is 49.9 Å². The number of aromatic nitrogens is 2. The van der Waals surface area contributed by atoms with Gasteiger partial charge in [0.1, 0.15) is 5.03 Å². The second kappa shape index (κ2) is 7.32. The lowest BCUT2D eigenvalue weighted by Gasteiger charge is -2.22. The molecule has 23 heavy (non-hydrogen) atoms. The van der Waals surface area contributed by atoms with Crippen LogP contribution in [0.1, 0.15) is 35.2 Å². The van der Waals surface area contributed by atoms with Gasteiger partial charge in [-0.1, -0.05) is 29.8 Å². The molecule has 1 aromatic heterocycles. The molecule has 0 radical (unpaired) electrons. The van der Waals surface area contributed by atoms with Crippen molar-refractivity contribution in [3.05, 3.63) is 57.1 Å². The van der Waals surface area contributed by atoms with Crippen molar-refractivity contribution in [3.8, 4) is 0 Å². The first-order chi connectivity index (χ1) is 11.2. The van der Waals surface area contributed by atoms with Crippen molar-refractivity contribution in [3.63, 3.8) is 0 Å². The van der Waals surface area contributed by atoms with E-state index >= 15 is 0 Å². The topological polar surface area (TPSA) is 55.1 Å². The maximum Gasteiger partial charge on any atom is 0.348 e. The Balaban J connectivity index is 1.88. The van der Waals surface area contributed by atoms with Gasteiger partial charge in [-0.25, -0.2) is 4.79 Å². The van der Waals surface area contributed by atoms with Crippen LogP contribution < -0.4 is 5.69 Å². The number of benzene rings is 1. The number of rotatable bonds is 5. The first kappa shape index (κ1) is 16.3. The van der Waals surface area contributed by atoms with E-state index in [1.807, 2.05) is 0 Å². The van der Waals surface area contributed by atoms with Gasteiger partial charge in [-0.2, -0.15) is 4.98 Å². The zero-order valence-electron chi connectivity index (χ0n) is 13.4. The number of aliphatic hydroxyl groups excluding tert-OH is 1. The Morgan fingerprint density at radius 3 is 2.70 bits per heavy atom. The van der Waals surface area contributed by atoms with Gasteiger partial charge >= 0.3 is 5.69 Å². The smallest absolute Gasteiger partial charge is 0.348 e. The van der Waals surface area contributed by atoms with Crippen molar-refractivity contribution < 1.29 is 5.11 Å². The minimum absolute atomic E-state index is 0.0239. The van der Waals surface area contributed by atoms with Crippen LogP contribution in [0.2, 0.25) is 0 Å². The van der Waals surface area contributed by atoms with Gasteiger partial charge in [-0.05, 0) is 38.2 Å². The molecule has 1 aromatic carbocycles. The SMILES string of the molecule is Cc1ccc(CSc2nc(=O)n(CCO)c3c2CCCC3)cc1. The van der Waals surface area contributed by atoms with Gasteiger partial charge < -0.3 is 5.11 Å². The van der Waals surface area contributed by atoms with Gasteiger partial charge in [0.05, 0.1) is 13.2 Å². The molecule has 0 spiro atoms. The number of thioether (sulfide) groups is 1. The van der Waals surface area contributed by atoms with E-state index in [0.717, 1.165) is 42.2 Å². The molecule has 1 N–H and O–H groups in total. The molecule has 1 heterocycles. The first-order valence-corrected chi connectivity index (χ1v) is 9.09. The molecular formula is C18H22N2O2S. The second-order valence-electron chi connectivity index (χ2n) is 5.98. The summed E-state index contributed by atoms with van der Waals surface area (Å²) in [4.78, 5) is 16.6. The molecule has 1 aliphatic rings.